The van der Waals surface area contributed by atoms with Gasteiger partial charge in [0.25, 0.3) is 5.91 Å². The molecule has 1 heterocycles. The maximum Gasteiger partial charge on any atom is 0.272 e. The fourth-order valence-electron chi connectivity index (χ4n) is 1.46. The first kappa shape index (κ1) is 13.6. The van der Waals surface area contributed by atoms with Crippen molar-refractivity contribution in [2.45, 2.75) is 26.3 Å². The Balaban J connectivity index is 2.48. The summed E-state index contributed by atoms with van der Waals surface area (Å²) in [6, 6.07) is 5.47. The Hall–Kier alpha value is -1.42. The lowest BCUT2D eigenvalue weighted by Crippen LogP contribution is -2.34. The number of pyridine rings is 1. The van der Waals surface area contributed by atoms with E-state index < -0.39 is 0 Å². The van der Waals surface area contributed by atoms with Crippen LogP contribution < -0.4 is 5.73 Å². The first-order valence-corrected chi connectivity index (χ1v) is 5.94. The molecule has 1 unspecified atom stereocenters. The second-order valence-electron chi connectivity index (χ2n) is 4.64. The van der Waals surface area contributed by atoms with Crippen LogP contribution >= 0.6 is 0 Å². The van der Waals surface area contributed by atoms with E-state index in [-0.39, 0.29) is 11.9 Å². The molecule has 0 saturated heterocycles. The molecule has 4 heteroatoms. The summed E-state index contributed by atoms with van der Waals surface area (Å²) in [5.41, 5.74) is 6.43. The number of rotatable bonds is 5. The fourth-order valence-corrected chi connectivity index (χ4v) is 1.46. The van der Waals surface area contributed by atoms with Gasteiger partial charge in [-0.15, -0.1) is 0 Å². The predicted molar refractivity (Wildman–Crippen MR) is 68.6 cm³/mol. The van der Waals surface area contributed by atoms with Gasteiger partial charge in [0, 0.05) is 25.8 Å². The smallest absolute Gasteiger partial charge is 0.272 e. The molecule has 0 radical (unpaired) electrons. The van der Waals surface area contributed by atoms with Crippen molar-refractivity contribution in [3.63, 3.8) is 0 Å². The summed E-state index contributed by atoms with van der Waals surface area (Å²) in [7, 11) is 1.78. The van der Waals surface area contributed by atoms with Crippen LogP contribution in [0.1, 0.15) is 30.8 Å². The minimum absolute atomic E-state index is 0.0541. The lowest BCUT2D eigenvalue weighted by Gasteiger charge is -2.21. The lowest BCUT2D eigenvalue weighted by atomic mass is 10.0. The number of carbonyl (C=O) groups is 1. The minimum Gasteiger partial charge on any atom is -0.340 e. The Labute approximate surface area is 103 Å². The maximum absolute atomic E-state index is 11.9. The molecule has 0 aliphatic rings. The van der Waals surface area contributed by atoms with Crippen molar-refractivity contribution in [3.8, 4) is 0 Å². The van der Waals surface area contributed by atoms with Gasteiger partial charge in [0.15, 0.2) is 0 Å². The van der Waals surface area contributed by atoms with Gasteiger partial charge >= 0.3 is 0 Å². The Kier molecular flexibility index (Phi) is 5.10. The molecule has 1 rings (SSSR count). The molecule has 1 atom stereocenters. The van der Waals surface area contributed by atoms with E-state index in [0.29, 0.717) is 18.2 Å². The number of hydrogen-bond donors (Lipinski definition) is 1. The molecular formula is C13H21N3O. The van der Waals surface area contributed by atoms with Crippen LogP contribution in [0.3, 0.4) is 0 Å². The summed E-state index contributed by atoms with van der Waals surface area (Å²) in [4.78, 5) is 17.7. The summed E-state index contributed by atoms with van der Waals surface area (Å²) in [6.07, 6.45) is 2.44. The van der Waals surface area contributed by atoms with Crippen LogP contribution in [-0.2, 0) is 0 Å². The topological polar surface area (TPSA) is 59.2 Å². The molecule has 0 saturated carbocycles. The Morgan fingerprint density at radius 1 is 1.47 bits per heavy atom. The van der Waals surface area contributed by atoms with Crippen molar-refractivity contribution in [1.29, 1.82) is 0 Å². The SMILES string of the molecule is CC(C)C(N)CCN(C)C(=O)c1ccccn1. The van der Waals surface area contributed by atoms with Gasteiger partial charge in [-0.25, -0.2) is 0 Å². The van der Waals surface area contributed by atoms with E-state index in [1.54, 1.807) is 30.3 Å². The van der Waals surface area contributed by atoms with Crippen LogP contribution in [0.4, 0.5) is 0 Å². The quantitative estimate of drug-likeness (QED) is 0.842. The molecule has 0 spiro atoms. The van der Waals surface area contributed by atoms with E-state index in [2.05, 4.69) is 18.8 Å². The van der Waals surface area contributed by atoms with Gasteiger partial charge in [-0.2, -0.15) is 0 Å². The maximum atomic E-state index is 11.9. The van der Waals surface area contributed by atoms with Gasteiger partial charge in [0.2, 0.25) is 0 Å². The number of aromatic nitrogens is 1. The van der Waals surface area contributed by atoms with E-state index in [0.717, 1.165) is 6.42 Å². The van der Waals surface area contributed by atoms with Crippen LogP contribution in [0.2, 0.25) is 0 Å². The third-order valence-corrected chi connectivity index (χ3v) is 2.88. The van der Waals surface area contributed by atoms with Gasteiger partial charge < -0.3 is 10.6 Å². The Bertz CT molecular complexity index is 351. The van der Waals surface area contributed by atoms with E-state index in [4.69, 9.17) is 5.73 Å². The summed E-state index contributed by atoms with van der Waals surface area (Å²) in [5, 5.41) is 0. The van der Waals surface area contributed by atoms with Gasteiger partial charge in [-0.3, -0.25) is 9.78 Å². The molecule has 4 nitrogen and oxygen atoms in total. The molecule has 0 bridgehead atoms. The number of nitrogens with zero attached hydrogens (tertiary/aromatic N) is 2. The van der Waals surface area contributed by atoms with Crippen LogP contribution in [0.15, 0.2) is 24.4 Å². The zero-order valence-electron chi connectivity index (χ0n) is 10.8. The second kappa shape index (κ2) is 6.35. The lowest BCUT2D eigenvalue weighted by molar-refractivity contribution is 0.0783. The highest BCUT2D eigenvalue weighted by Gasteiger charge is 2.14. The molecule has 1 aromatic heterocycles. The second-order valence-corrected chi connectivity index (χ2v) is 4.64. The van der Waals surface area contributed by atoms with Crippen molar-refractivity contribution in [2.24, 2.45) is 11.7 Å². The average Bonchev–Trinajstić information content (AvgIpc) is 2.35. The van der Waals surface area contributed by atoms with E-state index in [1.165, 1.54) is 0 Å². The van der Waals surface area contributed by atoms with E-state index in [1.807, 2.05) is 6.07 Å². The van der Waals surface area contributed by atoms with E-state index in [9.17, 15) is 4.79 Å². The van der Waals surface area contributed by atoms with Crippen molar-refractivity contribution in [3.05, 3.63) is 30.1 Å². The molecule has 1 aromatic rings. The molecule has 17 heavy (non-hydrogen) atoms. The average molecular weight is 235 g/mol. The van der Waals surface area contributed by atoms with Crippen molar-refractivity contribution < 1.29 is 4.79 Å². The molecule has 0 aliphatic carbocycles. The normalized spacial score (nSPS) is 12.5. The Morgan fingerprint density at radius 2 is 2.18 bits per heavy atom. The molecule has 2 N–H and O–H groups in total. The standard InChI is InChI=1S/C13H21N3O/c1-10(2)11(14)7-9-16(3)13(17)12-6-4-5-8-15-12/h4-6,8,10-11H,7,9,14H2,1-3H3. The van der Waals surface area contributed by atoms with Crippen molar-refractivity contribution >= 4 is 5.91 Å². The van der Waals surface area contributed by atoms with Crippen molar-refractivity contribution in [2.75, 3.05) is 13.6 Å². The molecule has 0 aromatic carbocycles. The highest BCUT2D eigenvalue weighted by molar-refractivity contribution is 5.91. The zero-order valence-corrected chi connectivity index (χ0v) is 10.8. The van der Waals surface area contributed by atoms with Crippen LogP contribution in [-0.4, -0.2) is 35.4 Å². The van der Waals surface area contributed by atoms with Gasteiger partial charge in [0.05, 0.1) is 0 Å². The summed E-state index contributed by atoms with van der Waals surface area (Å²) in [6.45, 7) is 4.84. The van der Waals surface area contributed by atoms with Gasteiger partial charge in [-0.05, 0) is 24.5 Å². The third-order valence-electron chi connectivity index (χ3n) is 2.88. The minimum atomic E-state index is -0.0541. The zero-order chi connectivity index (χ0) is 12.8. The van der Waals surface area contributed by atoms with E-state index >= 15 is 0 Å². The van der Waals surface area contributed by atoms with Crippen LogP contribution in [0, 0.1) is 5.92 Å². The Morgan fingerprint density at radius 3 is 2.71 bits per heavy atom. The van der Waals surface area contributed by atoms with Crippen LogP contribution in [0.25, 0.3) is 0 Å². The molecule has 1 amide bonds. The van der Waals surface area contributed by atoms with Gasteiger partial charge in [-0.1, -0.05) is 19.9 Å². The number of amides is 1. The fraction of sp³-hybridized carbons (Fsp3) is 0.538. The summed E-state index contributed by atoms with van der Waals surface area (Å²) >= 11 is 0. The monoisotopic (exact) mass is 235 g/mol. The van der Waals surface area contributed by atoms with Crippen molar-refractivity contribution in [1.82, 2.24) is 9.88 Å². The van der Waals surface area contributed by atoms with Crippen LogP contribution in [0.5, 0.6) is 0 Å². The number of nitrogens with two attached hydrogens (primary N) is 1. The molecule has 94 valence electrons. The predicted octanol–water partition coefficient (Wildman–Crippen LogP) is 1.53. The molecule has 0 aliphatic heterocycles. The highest BCUT2D eigenvalue weighted by atomic mass is 16.2. The number of hydrogen-bond acceptors (Lipinski definition) is 3. The highest BCUT2D eigenvalue weighted by Crippen LogP contribution is 2.05. The third kappa shape index (κ3) is 4.15. The molecular weight excluding hydrogens is 214 g/mol. The first-order chi connectivity index (χ1) is 8.02. The molecule has 0 fully saturated rings. The van der Waals surface area contributed by atoms with Gasteiger partial charge in [0.1, 0.15) is 5.69 Å². The largest absolute Gasteiger partial charge is 0.340 e. The summed E-state index contributed by atoms with van der Waals surface area (Å²) < 4.78 is 0. The summed E-state index contributed by atoms with van der Waals surface area (Å²) in [5.74, 6) is 0.384. The number of carbonyl (C=O) groups excluding carboxylic acids is 1. The first-order valence-electron chi connectivity index (χ1n) is 5.94.